The number of benzene rings is 1. The Morgan fingerprint density at radius 3 is 2.88 bits per heavy atom. The zero-order valence-electron chi connectivity index (χ0n) is 14.4. The lowest BCUT2D eigenvalue weighted by molar-refractivity contribution is 0.103. The van der Waals surface area contributed by atoms with Crippen LogP contribution >= 0.6 is 11.3 Å². The van der Waals surface area contributed by atoms with Crippen molar-refractivity contribution < 1.29 is 4.79 Å². The van der Waals surface area contributed by atoms with Gasteiger partial charge < -0.3 is 15.2 Å². The van der Waals surface area contributed by atoms with Crippen molar-refractivity contribution in [2.24, 2.45) is 0 Å². The molecule has 0 unspecified atom stereocenters. The van der Waals surface area contributed by atoms with Crippen LogP contribution in [-0.2, 0) is 0 Å². The van der Waals surface area contributed by atoms with Gasteiger partial charge in [-0.1, -0.05) is 13.0 Å². The van der Waals surface area contributed by atoms with Crippen molar-refractivity contribution in [3.05, 3.63) is 52.3 Å². The van der Waals surface area contributed by atoms with E-state index in [4.69, 9.17) is 0 Å². The molecule has 130 valence electrons. The number of H-pyrrole nitrogens is 1. The summed E-state index contributed by atoms with van der Waals surface area (Å²) in [5.74, 6) is 0.558. The molecule has 2 aromatic heterocycles. The molecule has 5 heteroatoms. The predicted molar refractivity (Wildman–Crippen MR) is 105 cm³/mol. The number of carbonyl (C=O) groups is 1. The van der Waals surface area contributed by atoms with Gasteiger partial charge >= 0.3 is 0 Å². The molecule has 3 aromatic rings. The number of thiophene rings is 1. The molecule has 1 aliphatic rings. The molecule has 1 aromatic carbocycles. The van der Waals surface area contributed by atoms with Crippen molar-refractivity contribution in [3.63, 3.8) is 0 Å². The summed E-state index contributed by atoms with van der Waals surface area (Å²) in [6.45, 7) is 5.71. The van der Waals surface area contributed by atoms with Crippen molar-refractivity contribution in [1.82, 2.24) is 9.88 Å². The number of carbonyl (C=O) groups excluding carboxylic acids is 1. The zero-order valence-corrected chi connectivity index (χ0v) is 15.2. The Morgan fingerprint density at radius 2 is 2.16 bits per heavy atom. The van der Waals surface area contributed by atoms with E-state index < -0.39 is 0 Å². The number of nitrogens with zero attached hydrogens (tertiary/aromatic N) is 1. The van der Waals surface area contributed by atoms with Gasteiger partial charge in [0.05, 0.1) is 4.88 Å². The summed E-state index contributed by atoms with van der Waals surface area (Å²) in [7, 11) is 0. The van der Waals surface area contributed by atoms with Crippen molar-refractivity contribution in [2.45, 2.75) is 25.7 Å². The predicted octanol–water partition coefficient (Wildman–Crippen LogP) is 4.68. The lowest BCUT2D eigenvalue weighted by Gasteiger charge is -2.30. The molecule has 1 aliphatic heterocycles. The molecule has 0 atom stereocenters. The van der Waals surface area contributed by atoms with Gasteiger partial charge in [0.2, 0.25) is 0 Å². The van der Waals surface area contributed by atoms with E-state index in [9.17, 15) is 4.79 Å². The molecule has 0 spiro atoms. The first-order valence-corrected chi connectivity index (χ1v) is 9.81. The Balaban J connectivity index is 1.56. The maximum atomic E-state index is 12.3. The molecule has 0 radical (unpaired) electrons. The summed E-state index contributed by atoms with van der Waals surface area (Å²) in [6, 6.07) is 9.88. The SMILES string of the molecule is CCN1CCC(c2c[nH]c3ccc(NC(=O)c4cccs4)cc23)CC1. The monoisotopic (exact) mass is 353 g/mol. The molecule has 1 fully saturated rings. The second-order valence-corrected chi connectivity index (χ2v) is 7.59. The standard InChI is InChI=1S/C20H23N3OS/c1-2-23-9-7-14(8-10-23)17-13-21-18-6-5-15(12-16(17)18)22-20(24)19-4-3-11-25-19/h3-6,11-14,21H,2,7-10H2,1H3,(H,22,24). The van der Waals surface area contributed by atoms with Crippen LogP contribution in [0.4, 0.5) is 5.69 Å². The molecule has 25 heavy (non-hydrogen) atoms. The molecule has 1 saturated heterocycles. The molecular formula is C20H23N3OS. The minimum atomic E-state index is -0.0392. The third-order valence-electron chi connectivity index (χ3n) is 5.19. The lowest BCUT2D eigenvalue weighted by atomic mass is 9.89. The molecule has 0 aliphatic carbocycles. The third-order valence-corrected chi connectivity index (χ3v) is 6.06. The van der Waals surface area contributed by atoms with Crippen LogP contribution in [0.5, 0.6) is 0 Å². The molecule has 0 saturated carbocycles. The molecular weight excluding hydrogens is 330 g/mol. The molecule has 0 bridgehead atoms. The van der Waals surface area contributed by atoms with Crippen LogP contribution in [0.2, 0.25) is 0 Å². The Hall–Kier alpha value is -2.11. The van der Waals surface area contributed by atoms with Crippen LogP contribution in [0.25, 0.3) is 10.9 Å². The van der Waals surface area contributed by atoms with E-state index in [2.05, 4.69) is 40.5 Å². The highest BCUT2D eigenvalue weighted by Crippen LogP contribution is 2.34. The fourth-order valence-electron chi connectivity index (χ4n) is 3.72. The van der Waals surface area contributed by atoms with Crippen molar-refractivity contribution in [3.8, 4) is 0 Å². The average Bonchev–Trinajstić information content (AvgIpc) is 3.31. The van der Waals surface area contributed by atoms with Crippen molar-refractivity contribution in [2.75, 3.05) is 25.0 Å². The number of anilines is 1. The Kier molecular flexibility index (Phi) is 4.59. The van der Waals surface area contributed by atoms with Crippen molar-refractivity contribution >= 4 is 33.8 Å². The number of aromatic nitrogens is 1. The highest BCUT2D eigenvalue weighted by molar-refractivity contribution is 7.12. The zero-order chi connectivity index (χ0) is 17.2. The first-order chi connectivity index (χ1) is 12.2. The number of fused-ring (bicyclic) bond motifs is 1. The normalized spacial score (nSPS) is 16.4. The summed E-state index contributed by atoms with van der Waals surface area (Å²) in [5.41, 5.74) is 3.39. The first kappa shape index (κ1) is 16.4. The number of rotatable bonds is 4. The third kappa shape index (κ3) is 3.34. The van der Waals surface area contributed by atoms with E-state index in [0.29, 0.717) is 5.92 Å². The molecule has 1 amide bonds. The Morgan fingerprint density at radius 1 is 1.32 bits per heavy atom. The maximum absolute atomic E-state index is 12.3. The van der Waals surface area contributed by atoms with E-state index in [1.54, 1.807) is 0 Å². The highest BCUT2D eigenvalue weighted by atomic mass is 32.1. The van der Waals surface area contributed by atoms with Crippen LogP contribution in [-0.4, -0.2) is 35.4 Å². The highest BCUT2D eigenvalue weighted by Gasteiger charge is 2.22. The van der Waals surface area contributed by atoms with Crippen LogP contribution in [0.3, 0.4) is 0 Å². The maximum Gasteiger partial charge on any atom is 0.265 e. The number of hydrogen-bond acceptors (Lipinski definition) is 3. The van der Waals surface area contributed by atoms with Gasteiger partial charge in [0, 0.05) is 22.8 Å². The van der Waals surface area contributed by atoms with Crippen LogP contribution in [0, 0.1) is 0 Å². The Labute approximate surface area is 151 Å². The van der Waals surface area contributed by atoms with Gasteiger partial charge in [-0.25, -0.2) is 0 Å². The molecule has 4 rings (SSSR count). The van der Waals surface area contributed by atoms with Gasteiger partial charge in [-0.3, -0.25) is 4.79 Å². The quantitative estimate of drug-likeness (QED) is 0.715. The molecule has 4 nitrogen and oxygen atoms in total. The minimum Gasteiger partial charge on any atom is -0.361 e. The van der Waals surface area contributed by atoms with Crippen LogP contribution < -0.4 is 5.32 Å². The van der Waals surface area contributed by atoms with Gasteiger partial charge in [0.1, 0.15) is 0 Å². The fraction of sp³-hybridized carbons (Fsp3) is 0.350. The van der Waals surface area contributed by atoms with E-state index in [0.717, 1.165) is 22.6 Å². The molecule has 2 N–H and O–H groups in total. The number of likely N-dealkylation sites (tertiary alicyclic amines) is 1. The largest absolute Gasteiger partial charge is 0.361 e. The van der Waals surface area contributed by atoms with Crippen molar-refractivity contribution in [1.29, 1.82) is 0 Å². The number of amides is 1. The van der Waals surface area contributed by atoms with Gasteiger partial charge in [-0.2, -0.15) is 0 Å². The first-order valence-electron chi connectivity index (χ1n) is 8.93. The Bertz CT molecular complexity index is 860. The number of nitrogens with one attached hydrogen (secondary N) is 2. The summed E-state index contributed by atoms with van der Waals surface area (Å²) in [6.07, 6.45) is 4.56. The summed E-state index contributed by atoms with van der Waals surface area (Å²) >= 11 is 1.46. The van der Waals surface area contributed by atoms with Crippen LogP contribution in [0.1, 0.15) is 40.9 Å². The summed E-state index contributed by atoms with van der Waals surface area (Å²) in [4.78, 5) is 18.9. The minimum absolute atomic E-state index is 0.0392. The number of piperidine rings is 1. The fourth-order valence-corrected chi connectivity index (χ4v) is 4.34. The number of hydrogen-bond donors (Lipinski definition) is 2. The van der Waals surface area contributed by atoms with Crippen LogP contribution in [0.15, 0.2) is 41.9 Å². The van der Waals surface area contributed by atoms with E-state index in [1.807, 2.05) is 23.6 Å². The van der Waals surface area contributed by atoms with Gasteiger partial charge in [0.15, 0.2) is 0 Å². The summed E-state index contributed by atoms with van der Waals surface area (Å²) in [5, 5.41) is 6.18. The van der Waals surface area contributed by atoms with Gasteiger partial charge in [-0.15, -0.1) is 11.3 Å². The topological polar surface area (TPSA) is 48.1 Å². The second-order valence-electron chi connectivity index (χ2n) is 6.64. The van der Waals surface area contributed by atoms with E-state index in [-0.39, 0.29) is 5.91 Å². The molecule has 3 heterocycles. The van der Waals surface area contributed by atoms with E-state index >= 15 is 0 Å². The van der Waals surface area contributed by atoms with Gasteiger partial charge in [0.25, 0.3) is 5.91 Å². The number of aromatic amines is 1. The smallest absolute Gasteiger partial charge is 0.265 e. The second kappa shape index (κ2) is 7.02. The average molecular weight is 353 g/mol. The summed E-state index contributed by atoms with van der Waals surface area (Å²) < 4.78 is 0. The van der Waals surface area contributed by atoms with E-state index in [1.165, 1.54) is 48.2 Å². The lowest BCUT2D eigenvalue weighted by Crippen LogP contribution is -2.32. The van der Waals surface area contributed by atoms with Gasteiger partial charge in [-0.05, 0) is 73.6 Å².